The highest BCUT2D eigenvalue weighted by atomic mass is 35.5. The molecule has 4 nitrogen and oxygen atoms in total. The van der Waals surface area contributed by atoms with E-state index in [4.69, 9.17) is 23.2 Å². The van der Waals surface area contributed by atoms with E-state index in [1.807, 2.05) is 36.1 Å². The largest absolute Gasteiger partial charge is 0.326 e. The molecule has 0 fully saturated rings. The Balaban J connectivity index is 1.51. The molecule has 3 aromatic rings. The van der Waals surface area contributed by atoms with Crippen LogP contribution in [0.5, 0.6) is 0 Å². The van der Waals surface area contributed by atoms with Crippen molar-refractivity contribution in [1.82, 2.24) is 9.55 Å². The summed E-state index contributed by atoms with van der Waals surface area (Å²) in [7, 11) is 2.02. The van der Waals surface area contributed by atoms with E-state index in [-0.39, 0.29) is 0 Å². The van der Waals surface area contributed by atoms with E-state index >= 15 is 0 Å². The Morgan fingerprint density at radius 2 is 1.92 bits per heavy atom. The Labute approximate surface area is 160 Å². The van der Waals surface area contributed by atoms with Crippen LogP contribution in [0.3, 0.4) is 0 Å². The molecule has 0 unspecified atom stereocenters. The molecular formula is C18H16Cl2N4S. The van der Waals surface area contributed by atoms with Crippen molar-refractivity contribution in [3.05, 3.63) is 64.4 Å². The molecule has 1 aromatic heterocycles. The van der Waals surface area contributed by atoms with Crippen LogP contribution in [-0.4, -0.2) is 16.1 Å². The molecule has 128 valence electrons. The molecule has 0 bridgehead atoms. The fourth-order valence-corrected chi connectivity index (χ4v) is 4.39. The third kappa shape index (κ3) is 3.45. The summed E-state index contributed by atoms with van der Waals surface area (Å²) in [5.74, 6) is 0.974. The maximum Gasteiger partial charge on any atom is 0.209 e. The number of imidazole rings is 1. The molecule has 7 heteroatoms. The van der Waals surface area contributed by atoms with Gasteiger partial charge in [-0.05, 0) is 60.3 Å². The van der Waals surface area contributed by atoms with E-state index in [0.717, 1.165) is 29.5 Å². The van der Waals surface area contributed by atoms with Crippen molar-refractivity contribution in [2.24, 2.45) is 7.05 Å². The van der Waals surface area contributed by atoms with Crippen molar-refractivity contribution in [1.29, 1.82) is 0 Å². The second-order valence-corrected chi connectivity index (χ2v) is 7.65. The minimum absolute atomic E-state index is 0.636. The van der Waals surface area contributed by atoms with Gasteiger partial charge in [-0.15, -0.1) is 0 Å². The van der Waals surface area contributed by atoms with E-state index < -0.39 is 0 Å². The van der Waals surface area contributed by atoms with Gasteiger partial charge in [0.1, 0.15) is 0 Å². The van der Waals surface area contributed by atoms with E-state index in [1.54, 1.807) is 6.07 Å². The van der Waals surface area contributed by atoms with E-state index in [0.29, 0.717) is 10.0 Å². The van der Waals surface area contributed by atoms with Gasteiger partial charge in [0, 0.05) is 52.3 Å². The maximum absolute atomic E-state index is 6.05. The Bertz CT molecular complexity index is 905. The molecular weight excluding hydrogens is 375 g/mol. The number of anilines is 3. The highest BCUT2D eigenvalue weighted by Gasteiger charge is 2.23. The first kappa shape index (κ1) is 16.6. The Kier molecular flexibility index (Phi) is 4.54. The van der Waals surface area contributed by atoms with E-state index in [1.165, 1.54) is 23.2 Å². The predicted molar refractivity (Wildman–Crippen MR) is 106 cm³/mol. The van der Waals surface area contributed by atoms with Crippen LogP contribution in [0, 0.1) is 0 Å². The zero-order valence-electron chi connectivity index (χ0n) is 13.5. The van der Waals surface area contributed by atoms with Gasteiger partial charge in [0.15, 0.2) is 0 Å². The normalized spacial score (nSPS) is 13.2. The molecule has 1 aliphatic heterocycles. The second kappa shape index (κ2) is 6.83. The number of nitrogens with one attached hydrogen (secondary N) is 1. The van der Waals surface area contributed by atoms with Gasteiger partial charge in [-0.2, -0.15) is 0 Å². The lowest BCUT2D eigenvalue weighted by Gasteiger charge is -2.18. The summed E-state index contributed by atoms with van der Waals surface area (Å²) in [6.45, 7) is 0.945. The number of nitrogens with zero attached hydrogens (tertiary/aromatic N) is 3. The van der Waals surface area contributed by atoms with Crippen LogP contribution in [0.2, 0.25) is 10.0 Å². The number of benzene rings is 2. The number of aryl methyl sites for hydroxylation is 1. The van der Waals surface area contributed by atoms with Crippen molar-refractivity contribution in [2.45, 2.75) is 11.3 Å². The van der Waals surface area contributed by atoms with Gasteiger partial charge in [-0.3, -0.25) is 0 Å². The van der Waals surface area contributed by atoms with E-state index in [9.17, 15) is 0 Å². The molecule has 0 saturated carbocycles. The third-order valence-corrected chi connectivity index (χ3v) is 5.38. The molecule has 25 heavy (non-hydrogen) atoms. The van der Waals surface area contributed by atoms with Crippen molar-refractivity contribution in [2.75, 3.05) is 16.2 Å². The third-order valence-electron chi connectivity index (χ3n) is 4.14. The minimum atomic E-state index is 0.636. The Morgan fingerprint density at radius 3 is 2.64 bits per heavy atom. The number of hydrogen-bond donors (Lipinski definition) is 1. The summed E-state index contributed by atoms with van der Waals surface area (Å²) >= 11 is 13.6. The minimum Gasteiger partial charge on any atom is -0.326 e. The molecule has 0 saturated heterocycles. The molecule has 0 spiro atoms. The summed E-state index contributed by atoms with van der Waals surface area (Å²) in [6.07, 6.45) is 4.80. The van der Waals surface area contributed by atoms with Gasteiger partial charge in [0.25, 0.3) is 0 Å². The smallest absolute Gasteiger partial charge is 0.209 e. The summed E-state index contributed by atoms with van der Waals surface area (Å²) in [4.78, 5) is 7.69. The van der Waals surface area contributed by atoms with Crippen molar-refractivity contribution < 1.29 is 0 Å². The lowest BCUT2D eigenvalue weighted by atomic mass is 10.1. The van der Waals surface area contributed by atoms with Crippen LogP contribution >= 0.6 is 35.1 Å². The fourth-order valence-electron chi connectivity index (χ4n) is 3.00. The van der Waals surface area contributed by atoms with Gasteiger partial charge in [0.2, 0.25) is 5.95 Å². The van der Waals surface area contributed by atoms with Crippen LogP contribution in [0.15, 0.2) is 53.7 Å². The SMILES string of the molecule is Cn1ccnc1N1CCc2cc(NSc3cc(Cl)cc(Cl)c3)ccc21. The molecule has 0 atom stereocenters. The molecule has 0 amide bonds. The molecule has 1 N–H and O–H groups in total. The zero-order valence-corrected chi connectivity index (χ0v) is 15.9. The fraction of sp³-hybridized carbons (Fsp3) is 0.167. The lowest BCUT2D eigenvalue weighted by Crippen LogP contribution is -2.17. The standard InChI is InChI=1S/C18H16Cl2N4S/c1-23-7-5-21-18(23)24-6-4-12-8-15(2-3-17(12)24)22-25-16-10-13(19)9-14(20)11-16/h2-3,5,7-11,22H,4,6H2,1H3. The van der Waals surface area contributed by atoms with Crippen LogP contribution < -0.4 is 9.62 Å². The maximum atomic E-state index is 6.05. The van der Waals surface area contributed by atoms with Crippen LogP contribution in [0.4, 0.5) is 17.3 Å². The summed E-state index contributed by atoms with van der Waals surface area (Å²) in [5.41, 5.74) is 3.59. The van der Waals surface area contributed by atoms with Gasteiger partial charge in [-0.1, -0.05) is 23.2 Å². The van der Waals surface area contributed by atoms with Gasteiger partial charge in [-0.25, -0.2) is 4.98 Å². The quantitative estimate of drug-likeness (QED) is 0.592. The molecule has 0 aliphatic carbocycles. The monoisotopic (exact) mass is 390 g/mol. The van der Waals surface area contributed by atoms with E-state index in [2.05, 4.69) is 32.8 Å². The zero-order chi connectivity index (χ0) is 17.4. The lowest BCUT2D eigenvalue weighted by molar-refractivity contribution is 0.852. The Morgan fingerprint density at radius 1 is 1.12 bits per heavy atom. The number of aromatic nitrogens is 2. The molecule has 4 rings (SSSR count). The molecule has 2 aromatic carbocycles. The van der Waals surface area contributed by atoms with Crippen molar-refractivity contribution in [3.8, 4) is 0 Å². The number of hydrogen-bond acceptors (Lipinski definition) is 4. The average molecular weight is 391 g/mol. The molecule has 2 heterocycles. The van der Waals surface area contributed by atoms with Gasteiger partial charge in [0.05, 0.1) is 0 Å². The van der Waals surface area contributed by atoms with Crippen molar-refractivity contribution in [3.63, 3.8) is 0 Å². The van der Waals surface area contributed by atoms with Crippen LogP contribution in [-0.2, 0) is 13.5 Å². The van der Waals surface area contributed by atoms with Crippen molar-refractivity contribution >= 4 is 52.5 Å². The predicted octanol–water partition coefficient (Wildman–Crippen LogP) is 5.54. The second-order valence-electron chi connectivity index (χ2n) is 5.89. The highest BCUT2D eigenvalue weighted by molar-refractivity contribution is 8.00. The number of halogens is 2. The summed E-state index contributed by atoms with van der Waals surface area (Å²) in [6, 6.07) is 11.9. The van der Waals surface area contributed by atoms with Crippen LogP contribution in [0.25, 0.3) is 0 Å². The van der Waals surface area contributed by atoms with Gasteiger partial charge >= 0.3 is 0 Å². The molecule has 0 radical (unpaired) electrons. The average Bonchev–Trinajstić information content (AvgIpc) is 3.17. The summed E-state index contributed by atoms with van der Waals surface area (Å²) in [5, 5.41) is 1.27. The first-order chi connectivity index (χ1) is 12.1. The first-order valence-electron chi connectivity index (χ1n) is 7.87. The first-order valence-corrected chi connectivity index (χ1v) is 9.44. The Hall–Kier alpha value is -1.82. The summed E-state index contributed by atoms with van der Waals surface area (Å²) < 4.78 is 5.41. The molecule has 1 aliphatic rings. The topological polar surface area (TPSA) is 33.1 Å². The van der Waals surface area contributed by atoms with Gasteiger partial charge < -0.3 is 14.2 Å². The number of fused-ring (bicyclic) bond motifs is 1. The number of rotatable bonds is 4. The highest BCUT2D eigenvalue weighted by Crippen LogP contribution is 2.36. The van der Waals surface area contributed by atoms with Crippen LogP contribution in [0.1, 0.15) is 5.56 Å².